The number of rotatable bonds is 7. The molecule has 5 rings (SSSR count). The number of carbonyl (C=O) groups excluding carboxylic acids is 2. The van der Waals surface area contributed by atoms with E-state index in [1.807, 2.05) is 23.8 Å². The molecule has 10 nitrogen and oxygen atoms in total. The van der Waals surface area contributed by atoms with E-state index in [2.05, 4.69) is 15.4 Å². The number of thiophene rings is 1. The lowest BCUT2D eigenvalue weighted by atomic mass is 10.0. The largest absolute Gasteiger partial charge is 0.348 e. The van der Waals surface area contributed by atoms with Crippen LogP contribution in [0.2, 0.25) is 0 Å². The number of anilines is 1. The second-order valence-corrected chi connectivity index (χ2v) is 11.8. The number of urea groups is 1. The first kappa shape index (κ1) is 27.1. The van der Waals surface area contributed by atoms with Gasteiger partial charge in [0, 0.05) is 46.4 Å². The lowest BCUT2D eigenvalue weighted by Crippen LogP contribution is -2.53. The number of aromatic nitrogens is 3. The Morgan fingerprint density at radius 3 is 2.58 bits per heavy atom. The van der Waals surface area contributed by atoms with Crippen LogP contribution in [0.15, 0.2) is 67.0 Å². The zero-order valence-electron chi connectivity index (χ0n) is 21.1. The zero-order chi connectivity index (χ0) is 28.6. The van der Waals surface area contributed by atoms with Crippen LogP contribution in [-0.2, 0) is 21.4 Å². The molecular formula is C26H22F2N6O4S2. The summed E-state index contributed by atoms with van der Waals surface area (Å²) in [6, 6.07) is 10.7. The fourth-order valence-corrected chi connectivity index (χ4v) is 6.10. The average molecular weight is 585 g/mol. The Hall–Kier alpha value is -4.43. The molecule has 0 aliphatic heterocycles. The molecule has 0 saturated heterocycles. The van der Waals surface area contributed by atoms with Gasteiger partial charge in [0.15, 0.2) is 5.65 Å². The van der Waals surface area contributed by atoms with Gasteiger partial charge in [0.05, 0.1) is 6.20 Å². The number of hydrogen-bond acceptors (Lipinski definition) is 7. The maximum Gasteiger partial charge on any atom is 0.348 e. The summed E-state index contributed by atoms with van der Waals surface area (Å²) in [6.07, 6.45) is 2.32. The lowest BCUT2D eigenvalue weighted by molar-refractivity contribution is -0.120. The van der Waals surface area contributed by atoms with E-state index in [0.717, 1.165) is 27.1 Å². The quantitative estimate of drug-likeness (QED) is 0.299. The molecule has 0 radical (unpaired) electrons. The summed E-state index contributed by atoms with van der Waals surface area (Å²) in [5, 5.41) is 7.46. The second kappa shape index (κ2) is 10.6. The van der Waals surface area contributed by atoms with Gasteiger partial charge in [-0.2, -0.15) is 13.5 Å². The number of carbonyl (C=O) groups is 2. The van der Waals surface area contributed by atoms with Gasteiger partial charge < -0.3 is 10.2 Å². The summed E-state index contributed by atoms with van der Waals surface area (Å²) < 4.78 is 57.0. The van der Waals surface area contributed by atoms with E-state index >= 15 is 0 Å². The molecular weight excluding hydrogens is 562 g/mol. The van der Waals surface area contributed by atoms with Crippen LogP contribution in [0.4, 0.5) is 19.3 Å². The van der Waals surface area contributed by atoms with Crippen LogP contribution in [0.1, 0.15) is 10.4 Å². The second-order valence-electron chi connectivity index (χ2n) is 9.00. The van der Waals surface area contributed by atoms with Gasteiger partial charge in [-0.3, -0.25) is 4.79 Å². The van der Waals surface area contributed by atoms with Gasteiger partial charge in [0.1, 0.15) is 17.7 Å². The van der Waals surface area contributed by atoms with Gasteiger partial charge >= 0.3 is 16.2 Å². The first-order valence-electron chi connectivity index (χ1n) is 11.9. The molecule has 3 amide bonds. The van der Waals surface area contributed by atoms with Crippen molar-refractivity contribution in [3.05, 3.63) is 89.1 Å². The summed E-state index contributed by atoms with van der Waals surface area (Å²) in [6.45, 7) is 1.96. The summed E-state index contributed by atoms with van der Waals surface area (Å²) in [7, 11) is -3.07. The molecule has 0 fully saturated rings. The minimum absolute atomic E-state index is 0.00976. The highest BCUT2D eigenvalue weighted by atomic mass is 32.2. The molecule has 3 aromatic heterocycles. The van der Waals surface area contributed by atoms with E-state index in [0.29, 0.717) is 21.2 Å². The maximum atomic E-state index is 13.9. The smallest absolute Gasteiger partial charge is 0.325 e. The number of aryl methyl sites for hydroxylation is 1. The van der Waals surface area contributed by atoms with Crippen molar-refractivity contribution in [1.82, 2.24) is 24.2 Å². The number of likely N-dealkylation sites (N-methyl/N-ethyl adjacent to an activating group) is 1. The van der Waals surface area contributed by atoms with Gasteiger partial charge in [-0.15, -0.1) is 15.4 Å². The maximum absolute atomic E-state index is 13.9. The Kier molecular flexibility index (Phi) is 7.21. The molecule has 2 N–H and O–H groups in total. The van der Waals surface area contributed by atoms with E-state index in [4.69, 9.17) is 0 Å². The van der Waals surface area contributed by atoms with Crippen LogP contribution in [-0.4, -0.2) is 47.6 Å². The molecule has 40 heavy (non-hydrogen) atoms. The molecule has 2 aromatic carbocycles. The number of benzene rings is 2. The molecule has 14 heteroatoms. The molecule has 0 aliphatic carbocycles. The molecule has 0 unspecified atom stereocenters. The highest BCUT2D eigenvalue weighted by Crippen LogP contribution is 2.29. The van der Waals surface area contributed by atoms with Gasteiger partial charge in [-0.05, 0) is 66.4 Å². The Bertz CT molecular complexity index is 1850. The number of nitrogens with one attached hydrogen (secondary N) is 2. The number of nitrogens with zero attached hydrogens (tertiary/aromatic N) is 4. The SMILES string of the molecule is Cc1cc2cc(N(C)C(=O)[C@H](Cc3cc(F)cc(F)c3)NC(=O)NS(=O)(=O)n3ncc4cccnc43)ccc2s1. The Morgan fingerprint density at radius 1 is 1.07 bits per heavy atom. The molecule has 206 valence electrons. The number of pyridine rings is 1. The van der Waals surface area contributed by atoms with Crippen molar-refractivity contribution in [2.45, 2.75) is 19.4 Å². The monoisotopic (exact) mass is 584 g/mol. The van der Waals surface area contributed by atoms with E-state index < -0.39 is 39.8 Å². The highest BCUT2D eigenvalue weighted by Gasteiger charge is 2.29. The minimum Gasteiger partial charge on any atom is -0.325 e. The van der Waals surface area contributed by atoms with Gasteiger partial charge in [-0.25, -0.2) is 23.3 Å². The Morgan fingerprint density at radius 2 is 1.82 bits per heavy atom. The van der Waals surface area contributed by atoms with E-state index in [9.17, 15) is 26.8 Å². The topological polar surface area (TPSA) is 126 Å². The summed E-state index contributed by atoms with van der Waals surface area (Å²) >= 11 is 1.60. The third-order valence-corrected chi connectivity index (χ3v) is 8.25. The third-order valence-electron chi connectivity index (χ3n) is 6.06. The van der Waals surface area contributed by atoms with Crippen molar-refractivity contribution in [1.29, 1.82) is 0 Å². The molecule has 0 bridgehead atoms. The van der Waals surface area contributed by atoms with Gasteiger partial charge in [0.2, 0.25) is 5.91 Å². The van der Waals surface area contributed by atoms with Crippen molar-refractivity contribution >= 4 is 60.3 Å². The normalized spacial score (nSPS) is 12.4. The van der Waals surface area contributed by atoms with E-state index in [1.165, 1.54) is 24.3 Å². The molecule has 0 aliphatic rings. The lowest BCUT2D eigenvalue weighted by Gasteiger charge is -2.25. The van der Waals surface area contributed by atoms with Crippen molar-refractivity contribution in [2.75, 3.05) is 11.9 Å². The van der Waals surface area contributed by atoms with Crippen LogP contribution in [0.25, 0.3) is 21.1 Å². The standard InChI is InChI=1S/C26H22F2N6O4S2/c1-15-8-18-12-21(5-6-23(18)39-15)33(2)25(35)22(11-16-9-19(27)13-20(28)10-16)31-26(36)32-40(37,38)34-24-17(14-30-34)4-3-7-29-24/h3-10,12-14,22H,11H2,1-2H3,(H2,31,32,36)/t22-/m0/s1. The fraction of sp³-hybridized carbons (Fsp3) is 0.154. The fourth-order valence-electron chi connectivity index (χ4n) is 4.26. The number of halogens is 2. The first-order chi connectivity index (χ1) is 19.0. The molecule has 0 spiro atoms. The van der Waals surface area contributed by atoms with E-state index in [1.54, 1.807) is 35.6 Å². The predicted octanol–water partition coefficient (Wildman–Crippen LogP) is 3.90. The first-order valence-corrected chi connectivity index (χ1v) is 14.1. The number of fused-ring (bicyclic) bond motifs is 2. The van der Waals surface area contributed by atoms with Crippen molar-refractivity contribution < 1.29 is 26.8 Å². The Balaban J connectivity index is 1.41. The Labute approximate surface area is 231 Å². The average Bonchev–Trinajstić information content (AvgIpc) is 3.49. The summed E-state index contributed by atoms with van der Waals surface area (Å²) in [5.74, 6) is -2.37. The van der Waals surface area contributed by atoms with Crippen LogP contribution in [0, 0.1) is 18.6 Å². The van der Waals surface area contributed by atoms with Gasteiger partial charge in [-0.1, -0.05) is 0 Å². The molecule has 1 atom stereocenters. The van der Waals surface area contributed by atoms with Crippen LogP contribution in [0.3, 0.4) is 0 Å². The van der Waals surface area contributed by atoms with Crippen LogP contribution in [0.5, 0.6) is 0 Å². The summed E-state index contributed by atoms with van der Waals surface area (Å²) in [4.78, 5) is 32.8. The van der Waals surface area contributed by atoms with Crippen molar-refractivity contribution in [3.63, 3.8) is 0 Å². The van der Waals surface area contributed by atoms with Crippen LogP contribution < -0.4 is 14.9 Å². The van der Waals surface area contributed by atoms with Crippen molar-refractivity contribution in [3.8, 4) is 0 Å². The number of amides is 3. The zero-order valence-corrected chi connectivity index (χ0v) is 22.8. The molecule has 0 saturated carbocycles. The molecule has 3 heterocycles. The molecule has 5 aromatic rings. The van der Waals surface area contributed by atoms with E-state index in [-0.39, 0.29) is 17.6 Å². The minimum atomic E-state index is -4.56. The van der Waals surface area contributed by atoms with Gasteiger partial charge in [0.25, 0.3) is 0 Å². The number of hydrogen-bond donors (Lipinski definition) is 2. The highest BCUT2D eigenvalue weighted by molar-refractivity contribution is 7.88. The predicted molar refractivity (Wildman–Crippen MR) is 147 cm³/mol. The summed E-state index contributed by atoms with van der Waals surface area (Å²) in [5.41, 5.74) is 0.581. The third kappa shape index (κ3) is 5.62. The van der Waals surface area contributed by atoms with Crippen LogP contribution >= 0.6 is 11.3 Å². The van der Waals surface area contributed by atoms with Crippen molar-refractivity contribution in [2.24, 2.45) is 0 Å².